The lowest BCUT2D eigenvalue weighted by atomic mass is 9.98. The Morgan fingerprint density at radius 1 is 1.30 bits per heavy atom. The molecular weight excluding hydrogens is 274 g/mol. The molecule has 1 aromatic heterocycles. The van der Waals surface area contributed by atoms with Crippen molar-refractivity contribution in [2.75, 3.05) is 52.5 Å². The molecule has 0 aromatic carbocycles. The lowest BCUT2D eigenvalue weighted by Gasteiger charge is -2.21. The van der Waals surface area contributed by atoms with E-state index in [4.69, 9.17) is 14.5 Å². The normalized spacial score (nSPS) is 18.1. The van der Waals surface area contributed by atoms with E-state index in [1.165, 1.54) is 23.4 Å². The van der Waals surface area contributed by atoms with Gasteiger partial charge in [-0.1, -0.05) is 11.3 Å². The summed E-state index contributed by atoms with van der Waals surface area (Å²) in [6.07, 6.45) is 3.53. The quantitative estimate of drug-likeness (QED) is 0.793. The Bertz CT molecular complexity index is 403. The van der Waals surface area contributed by atoms with Gasteiger partial charge in [0.15, 0.2) is 5.13 Å². The second kappa shape index (κ2) is 7.93. The van der Waals surface area contributed by atoms with Gasteiger partial charge >= 0.3 is 0 Å². The van der Waals surface area contributed by atoms with Gasteiger partial charge in [0.1, 0.15) is 0 Å². The molecule has 0 amide bonds. The summed E-state index contributed by atoms with van der Waals surface area (Å²) in [5.74, 6) is 0. The van der Waals surface area contributed by atoms with Gasteiger partial charge in [0.05, 0.1) is 18.9 Å². The fraction of sp³-hybridized carbons (Fsp3) is 0.786. The van der Waals surface area contributed by atoms with E-state index in [2.05, 4.69) is 10.2 Å². The zero-order valence-corrected chi connectivity index (χ0v) is 13.5. The summed E-state index contributed by atoms with van der Waals surface area (Å²) in [5.41, 5.74) is 1.27. The monoisotopic (exact) mass is 299 g/mol. The van der Waals surface area contributed by atoms with Crippen LogP contribution in [0.25, 0.3) is 0 Å². The van der Waals surface area contributed by atoms with Crippen molar-refractivity contribution >= 4 is 16.5 Å². The molecule has 6 heteroatoms. The third kappa shape index (κ3) is 3.69. The van der Waals surface area contributed by atoms with Crippen molar-refractivity contribution in [1.82, 2.24) is 10.3 Å². The molecule has 114 valence electrons. The van der Waals surface area contributed by atoms with Crippen LogP contribution in [0.15, 0.2) is 0 Å². The number of hydrogen-bond donors (Lipinski definition) is 1. The van der Waals surface area contributed by atoms with Crippen LogP contribution in [0.5, 0.6) is 0 Å². The minimum Gasteiger partial charge on any atom is -0.383 e. The second-order valence-corrected chi connectivity index (χ2v) is 6.02. The Kier molecular flexibility index (Phi) is 6.22. The second-order valence-electron chi connectivity index (χ2n) is 5.01. The molecule has 0 bridgehead atoms. The maximum atomic E-state index is 5.20. The number of aromatic nitrogens is 1. The molecule has 1 atom stereocenters. The maximum absolute atomic E-state index is 5.20. The molecular formula is C14H25N3O2S. The van der Waals surface area contributed by atoms with Crippen LogP contribution >= 0.6 is 11.3 Å². The fourth-order valence-corrected chi connectivity index (χ4v) is 3.83. The van der Waals surface area contributed by atoms with Gasteiger partial charge in [0.2, 0.25) is 0 Å². The van der Waals surface area contributed by atoms with Crippen molar-refractivity contribution < 1.29 is 9.47 Å². The summed E-state index contributed by atoms with van der Waals surface area (Å²) in [5, 5.41) is 4.50. The van der Waals surface area contributed by atoms with Crippen molar-refractivity contribution in [2.24, 2.45) is 0 Å². The Morgan fingerprint density at radius 3 is 2.60 bits per heavy atom. The highest BCUT2D eigenvalue weighted by Crippen LogP contribution is 2.37. The minimum atomic E-state index is 0.469. The number of fused-ring (bicyclic) bond motifs is 1. The molecule has 0 aliphatic heterocycles. The predicted octanol–water partition coefficient (Wildman–Crippen LogP) is 1.84. The van der Waals surface area contributed by atoms with Gasteiger partial charge in [-0.15, -0.1) is 0 Å². The van der Waals surface area contributed by atoms with E-state index in [0.717, 1.165) is 24.6 Å². The van der Waals surface area contributed by atoms with Crippen LogP contribution in [0.1, 0.15) is 29.5 Å². The zero-order valence-electron chi connectivity index (χ0n) is 12.6. The van der Waals surface area contributed by atoms with E-state index in [9.17, 15) is 0 Å². The number of nitrogens with one attached hydrogen (secondary N) is 1. The average Bonchev–Trinajstić information content (AvgIpc) is 2.91. The van der Waals surface area contributed by atoms with Gasteiger partial charge < -0.3 is 19.7 Å². The number of ether oxygens (including phenoxy) is 2. The summed E-state index contributed by atoms with van der Waals surface area (Å²) >= 11 is 1.82. The van der Waals surface area contributed by atoms with Crippen LogP contribution in [-0.4, -0.2) is 52.6 Å². The first-order valence-electron chi connectivity index (χ1n) is 7.19. The van der Waals surface area contributed by atoms with Crippen molar-refractivity contribution in [3.05, 3.63) is 10.6 Å². The first-order chi connectivity index (χ1) is 9.80. The highest BCUT2D eigenvalue weighted by atomic mass is 32.1. The molecule has 2 rings (SSSR count). The predicted molar refractivity (Wildman–Crippen MR) is 82.8 cm³/mol. The number of thiazole rings is 1. The topological polar surface area (TPSA) is 46.6 Å². The lowest BCUT2D eigenvalue weighted by Crippen LogP contribution is -2.30. The molecule has 5 nitrogen and oxygen atoms in total. The number of aryl methyl sites for hydroxylation is 1. The van der Waals surface area contributed by atoms with Crippen molar-refractivity contribution in [3.63, 3.8) is 0 Å². The van der Waals surface area contributed by atoms with E-state index in [-0.39, 0.29) is 0 Å². The first-order valence-corrected chi connectivity index (χ1v) is 8.01. The van der Waals surface area contributed by atoms with Gasteiger partial charge in [-0.25, -0.2) is 4.98 Å². The largest absolute Gasteiger partial charge is 0.383 e. The lowest BCUT2D eigenvalue weighted by molar-refractivity contribution is 0.190. The molecule has 0 saturated carbocycles. The van der Waals surface area contributed by atoms with Gasteiger partial charge in [0.25, 0.3) is 0 Å². The molecule has 1 aliphatic rings. The van der Waals surface area contributed by atoms with E-state index >= 15 is 0 Å². The Hall–Kier alpha value is -0.690. The Morgan fingerprint density at radius 2 is 2.00 bits per heavy atom. The molecule has 1 aromatic rings. The van der Waals surface area contributed by atoms with Crippen molar-refractivity contribution in [2.45, 2.75) is 25.3 Å². The summed E-state index contributed by atoms with van der Waals surface area (Å²) in [6, 6.07) is 0.469. The molecule has 1 N–H and O–H groups in total. The Balaban J connectivity index is 2.13. The van der Waals surface area contributed by atoms with Crippen molar-refractivity contribution in [3.8, 4) is 0 Å². The average molecular weight is 299 g/mol. The van der Waals surface area contributed by atoms with Crippen LogP contribution in [0.2, 0.25) is 0 Å². The SMILES string of the molecule is CNC1CCCc2nc(N(CCOC)CCOC)sc21. The van der Waals surface area contributed by atoms with Gasteiger partial charge in [-0.05, 0) is 26.3 Å². The summed E-state index contributed by atoms with van der Waals surface area (Å²) in [7, 11) is 5.50. The standard InChI is InChI=1S/C14H25N3O2S/c1-15-11-5-4-6-12-13(11)20-14(16-12)17(7-9-18-2)8-10-19-3/h11,15H,4-10H2,1-3H3. The summed E-state index contributed by atoms with van der Waals surface area (Å²) in [4.78, 5) is 8.53. The van der Waals surface area contributed by atoms with E-state index < -0.39 is 0 Å². The van der Waals surface area contributed by atoms with Crippen molar-refractivity contribution in [1.29, 1.82) is 0 Å². The number of hydrogen-bond acceptors (Lipinski definition) is 6. The highest BCUT2D eigenvalue weighted by molar-refractivity contribution is 7.15. The smallest absolute Gasteiger partial charge is 0.185 e. The zero-order chi connectivity index (χ0) is 14.4. The van der Waals surface area contributed by atoms with Crippen LogP contribution in [-0.2, 0) is 15.9 Å². The molecule has 1 unspecified atom stereocenters. The molecule has 20 heavy (non-hydrogen) atoms. The fourth-order valence-electron chi connectivity index (χ4n) is 2.52. The molecule has 1 heterocycles. The number of anilines is 1. The van der Waals surface area contributed by atoms with Crippen LogP contribution in [0.4, 0.5) is 5.13 Å². The third-order valence-electron chi connectivity index (χ3n) is 3.69. The van der Waals surface area contributed by atoms with Crippen LogP contribution < -0.4 is 10.2 Å². The molecule has 1 aliphatic carbocycles. The molecule has 0 radical (unpaired) electrons. The Labute approximate surface area is 125 Å². The summed E-state index contributed by atoms with van der Waals surface area (Å²) < 4.78 is 10.4. The van der Waals surface area contributed by atoms with Crippen LogP contribution in [0, 0.1) is 0 Å². The van der Waals surface area contributed by atoms with E-state index in [1.54, 1.807) is 14.2 Å². The van der Waals surface area contributed by atoms with E-state index in [1.807, 2.05) is 18.4 Å². The molecule has 0 spiro atoms. The number of methoxy groups -OCH3 is 2. The van der Waals surface area contributed by atoms with Gasteiger partial charge in [-0.2, -0.15) is 0 Å². The first kappa shape index (κ1) is 15.7. The summed E-state index contributed by atoms with van der Waals surface area (Å²) in [6.45, 7) is 3.14. The number of rotatable bonds is 8. The van der Waals surface area contributed by atoms with E-state index in [0.29, 0.717) is 19.3 Å². The highest BCUT2D eigenvalue weighted by Gasteiger charge is 2.25. The third-order valence-corrected chi connectivity index (χ3v) is 4.96. The van der Waals surface area contributed by atoms with Gasteiger partial charge in [-0.3, -0.25) is 0 Å². The molecule has 0 fully saturated rings. The maximum Gasteiger partial charge on any atom is 0.185 e. The number of nitrogens with zero attached hydrogens (tertiary/aromatic N) is 2. The van der Waals surface area contributed by atoms with Gasteiger partial charge in [0, 0.05) is 38.2 Å². The van der Waals surface area contributed by atoms with Crippen LogP contribution in [0.3, 0.4) is 0 Å². The minimum absolute atomic E-state index is 0.469. The molecule has 0 saturated heterocycles.